The fraction of sp³-hybridized carbons (Fsp3) is 0.375. The first-order chi connectivity index (χ1) is 11.7. The number of hydrogen-bond acceptors (Lipinski definition) is 7. The maximum atomic E-state index is 5.33. The number of imidazole rings is 1. The Kier molecular flexibility index (Phi) is 5.27. The zero-order valence-corrected chi connectivity index (χ0v) is 14.7. The number of aromatic nitrogens is 5. The van der Waals surface area contributed by atoms with E-state index >= 15 is 0 Å². The molecule has 0 radical (unpaired) electrons. The van der Waals surface area contributed by atoms with Crippen LogP contribution in [0.25, 0.3) is 11.4 Å². The van der Waals surface area contributed by atoms with E-state index in [4.69, 9.17) is 9.26 Å². The monoisotopic (exact) mass is 345 g/mol. The third-order valence-electron chi connectivity index (χ3n) is 3.67. The normalized spacial score (nSPS) is 11.1. The van der Waals surface area contributed by atoms with Crippen LogP contribution in [0.4, 0.5) is 0 Å². The lowest BCUT2D eigenvalue weighted by molar-refractivity contribution is 0.184. The van der Waals surface area contributed by atoms with Crippen molar-refractivity contribution in [3.63, 3.8) is 0 Å². The Labute approximate surface area is 144 Å². The number of hydrogen-bond donors (Lipinski definition) is 0. The highest BCUT2D eigenvalue weighted by molar-refractivity contribution is 7.98. The SMILES string of the molecule is COCCn1c(SCc2nc(-c3ccncc3)no2)nc(C)c1C. The minimum Gasteiger partial charge on any atom is -0.383 e. The minimum absolute atomic E-state index is 0.570. The Morgan fingerprint density at radius 2 is 2.00 bits per heavy atom. The molecule has 0 aliphatic heterocycles. The summed E-state index contributed by atoms with van der Waals surface area (Å²) in [5, 5.41) is 4.95. The maximum Gasteiger partial charge on any atom is 0.237 e. The molecule has 0 N–H and O–H groups in total. The smallest absolute Gasteiger partial charge is 0.237 e. The Morgan fingerprint density at radius 1 is 1.21 bits per heavy atom. The highest BCUT2D eigenvalue weighted by Crippen LogP contribution is 2.25. The molecule has 0 amide bonds. The van der Waals surface area contributed by atoms with Gasteiger partial charge >= 0.3 is 0 Å². The molecule has 0 spiro atoms. The van der Waals surface area contributed by atoms with E-state index in [1.165, 1.54) is 0 Å². The molecule has 126 valence electrons. The fourth-order valence-electron chi connectivity index (χ4n) is 2.24. The molecule has 7 nitrogen and oxygen atoms in total. The van der Waals surface area contributed by atoms with Gasteiger partial charge in [-0.1, -0.05) is 16.9 Å². The van der Waals surface area contributed by atoms with Gasteiger partial charge in [0.25, 0.3) is 0 Å². The summed E-state index contributed by atoms with van der Waals surface area (Å²) in [4.78, 5) is 13.0. The van der Waals surface area contributed by atoms with E-state index in [1.54, 1.807) is 31.3 Å². The van der Waals surface area contributed by atoms with E-state index in [2.05, 4.69) is 31.6 Å². The highest BCUT2D eigenvalue weighted by Gasteiger charge is 2.14. The third kappa shape index (κ3) is 3.65. The van der Waals surface area contributed by atoms with Gasteiger partial charge < -0.3 is 13.8 Å². The van der Waals surface area contributed by atoms with Gasteiger partial charge in [-0.05, 0) is 26.0 Å². The molecule has 0 aliphatic carbocycles. The number of thioether (sulfide) groups is 1. The van der Waals surface area contributed by atoms with Crippen LogP contribution in [0.2, 0.25) is 0 Å². The van der Waals surface area contributed by atoms with E-state index in [0.717, 1.165) is 28.7 Å². The van der Waals surface area contributed by atoms with E-state index in [1.807, 2.05) is 19.1 Å². The molecule has 24 heavy (non-hydrogen) atoms. The van der Waals surface area contributed by atoms with Gasteiger partial charge in [0.05, 0.1) is 18.1 Å². The summed E-state index contributed by atoms with van der Waals surface area (Å²) in [5.41, 5.74) is 3.06. The highest BCUT2D eigenvalue weighted by atomic mass is 32.2. The summed E-state index contributed by atoms with van der Waals surface area (Å²) in [6.45, 7) is 5.50. The summed E-state index contributed by atoms with van der Waals surface area (Å²) in [6, 6.07) is 3.71. The molecule has 3 rings (SSSR count). The Bertz CT molecular complexity index is 800. The van der Waals surface area contributed by atoms with Crippen molar-refractivity contribution in [3.05, 3.63) is 41.8 Å². The fourth-order valence-corrected chi connectivity index (χ4v) is 3.19. The third-order valence-corrected chi connectivity index (χ3v) is 4.63. The second-order valence-electron chi connectivity index (χ2n) is 5.25. The first-order valence-electron chi connectivity index (χ1n) is 7.57. The molecule has 3 aromatic rings. The van der Waals surface area contributed by atoms with Crippen LogP contribution in [0.3, 0.4) is 0 Å². The lowest BCUT2D eigenvalue weighted by atomic mass is 10.3. The van der Waals surface area contributed by atoms with Crippen LogP contribution in [-0.4, -0.2) is 38.4 Å². The molecule has 0 saturated carbocycles. The number of pyridine rings is 1. The van der Waals surface area contributed by atoms with Gasteiger partial charge in [-0.15, -0.1) is 0 Å². The topological polar surface area (TPSA) is 78.9 Å². The van der Waals surface area contributed by atoms with E-state index in [0.29, 0.717) is 24.1 Å². The van der Waals surface area contributed by atoms with E-state index in [-0.39, 0.29) is 0 Å². The molecule has 0 unspecified atom stereocenters. The van der Waals surface area contributed by atoms with E-state index < -0.39 is 0 Å². The number of ether oxygens (including phenoxy) is 1. The Morgan fingerprint density at radius 3 is 2.75 bits per heavy atom. The minimum atomic E-state index is 0.570. The summed E-state index contributed by atoms with van der Waals surface area (Å²) >= 11 is 1.58. The van der Waals surface area contributed by atoms with Gasteiger partial charge in [-0.2, -0.15) is 4.98 Å². The molecule has 8 heteroatoms. The van der Waals surface area contributed by atoms with Gasteiger partial charge in [-0.3, -0.25) is 4.98 Å². The predicted molar refractivity (Wildman–Crippen MR) is 90.7 cm³/mol. The van der Waals surface area contributed by atoms with Gasteiger partial charge in [0.15, 0.2) is 5.16 Å². The zero-order chi connectivity index (χ0) is 16.9. The van der Waals surface area contributed by atoms with Crippen LogP contribution < -0.4 is 0 Å². The quantitative estimate of drug-likeness (QED) is 0.609. The molecular formula is C16H19N5O2S. The van der Waals surface area contributed by atoms with Crippen molar-refractivity contribution in [3.8, 4) is 11.4 Å². The molecular weight excluding hydrogens is 326 g/mol. The molecule has 0 atom stereocenters. The molecule has 0 aliphatic rings. The van der Waals surface area contributed by atoms with Crippen molar-refractivity contribution in [2.75, 3.05) is 13.7 Å². The van der Waals surface area contributed by atoms with Crippen molar-refractivity contribution < 1.29 is 9.26 Å². The van der Waals surface area contributed by atoms with E-state index in [9.17, 15) is 0 Å². The van der Waals surface area contributed by atoms with Crippen molar-refractivity contribution in [1.82, 2.24) is 24.7 Å². The first-order valence-corrected chi connectivity index (χ1v) is 8.56. The predicted octanol–water partition coefficient (Wildman–Crippen LogP) is 2.88. The molecule has 3 aromatic heterocycles. The summed E-state index contributed by atoms with van der Waals surface area (Å²) < 4.78 is 12.7. The average Bonchev–Trinajstić information content (AvgIpc) is 3.18. The van der Waals surface area contributed by atoms with Crippen LogP contribution in [0, 0.1) is 13.8 Å². The summed E-state index contributed by atoms with van der Waals surface area (Å²) in [5.74, 6) is 1.72. The van der Waals surface area contributed by atoms with Gasteiger partial charge in [0, 0.05) is 37.3 Å². The molecule has 0 bridgehead atoms. The molecule has 0 fully saturated rings. The zero-order valence-electron chi connectivity index (χ0n) is 13.9. The number of aryl methyl sites for hydroxylation is 1. The van der Waals surface area contributed by atoms with Gasteiger partial charge in [0.1, 0.15) is 0 Å². The number of rotatable bonds is 7. The second-order valence-corrected chi connectivity index (χ2v) is 6.19. The molecule has 3 heterocycles. The lowest BCUT2D eigenvalue weighted by Gasteiger charge is -2.08. The van der Waals surface area contributed by atoms with Crippen molar-refractivity contribution in [2.24, 2.45) is 0 Å². The first kappa shape index (κ1) is 16.7. The van der Waals surface area contributed by atoms with Crippen LogP contribution in [-0.2, 0) is 17.0 Å². The second kappa shape index (κ2) is 7.59. The van der Waals surface area contributed by atoms with Crippen LogP contribution in [0.1, 0.15) is 17.3 Å². The van der Waals surface area contributed by atoms with Crippen LogP contribution >= 0.6 is 11.8 Å². The maximum absolute atomic E-state index is 5.33. The van der Waals surface area contributed by atoms with Gasteiger partial charge in [0.2, 0.25) is 11.7 Å². The largest absolute Gasteiger partial charge is 0.383 e. The summed E-state index contributed by atoms with van der Waals surface area (Å²) in [7, 11) is 1.70. The average molecular weight is 345 g/mol. The lowest BCUT2D eigenvalue weighted by Crippen LogP contribution is -2.07. The number of nitrogens with zero attached hydrogens (tertiary/aromatic N) is 5. The van der Waals surface area contributed by atoms with Crippen molar-refractivity contribution in [1.29, 1.82) is 0 Å². The molecule has 0 aromatic carbocycles. The van der Waals surface area contributed by atoms with Crippen molar-refractivity contribution in [2.45, 2.75) is 31.3 Å². The standard InChI is InChI=1S/C16H19N5O2S/c1-11-12(2)21(8-9-22-3)16(18-11)24-10-14-19-15(20-23-14)13-4-6-17-7-5-13/h4-7H,8-10H2,1-3H3. The van der Waals surface area contributed by atoms with Crippen LogP contribution in [0.15, 0.2) is 34.2 Å². The van der Waals surface area contributed by atoms with Crippen LogP contribution in [0.5, 0.6) is 0 Å². The Balaban J connectivity index is 1.70. The van der Waals surface area contributed by atoms with Crippen molar-refractivity contribution >= 4 is 11.8 Å². The van der Waals surface area contributed by atoms with Gasteiger partial charge in [-0.25, -0.2) is 4.98 Å². The molecule has 0 saturated heterocycles. The summed E-state index contributed by atoms with van der Waals surface area (Å²) in [6.07, 6.45) is 3.41. The number of methoxy groups -OCH3 is 1. The Hall–Kier alpha value is -2.19.